The van der Waals surface area contributed by atoms with Gasteiger partial charge in [0.1, 0.15) is 0 Å². The summed E-state index contributed by atoms with van der Waals surface area (Å²) in [6.07, 6.45) is 0. The molecule has 1 aromatic carbocycles. The Morgan fingerprint density at radius 1 is 1.33 bits per heavy atom. The molecule has 0 radical (unpaired) electrons. The minimum atomic E-state index is 0.867. The Morgan fingerprint density at radius 2 is 2.00 bits per heavy atom. The van der Waals surface area contributed by atoms with E-state index in [-0.39, 0.29) is 0 Å². The summed E-state index contributed by atoms with van der Waals surface area (Å²) < 4.78 is 1.14. The fourth-order valence-electron chi connectivity index (χ4n) is 1.83. The van der Waals surface area contributed by atoms with Crippen molar-refractivity contribution in [2.24, 2.45) is 0 Å². The number of rotatable bonds is 1. The van der Waals surface area contributed by atoms with E-state index in [1.807, 2.05) is 6.92 Å². The highest BCUT2D eigenvalue weighted by Crippen LogP contribution is 2.30. The van der Waals surface area contributed by atoms with Crippen LogP contribution < -0.4 is 16.0 Å². The third kappa shape index (κ3) is 2.26. The number of nitrogens with one attached hydrogen (secondary N) is 1. The molecular weight excluding hydrogens is 254 g/mol. The maximum Gasteiger partial charge on any atom is 0.0532 e. The van der Waals surface area contributed by atoms with Gasteiger partial charge in [-0.1, -0.05) is 0 Å². The van der Waals surface area contributed by atoms with Gasteiger partial charge in [0, 0.05) is 36.3 Å². The Hall–Kier alpha value is -0.740. The number of aryl methyl sites for hydroxylation is 1. The number of nitrogens with zero attached hydrogens (tertiary/aromatic N) is 1. The molecule has 0 amide bonds. The van der Waals surface area contributed by atoms with Crippen LogP contribution in [0.15, 0.2) is 16.6 Å². The summed E-state index contributed by atoms with van der Waals surface area (Å²) in [6.45, 7) is 6.20. The van der Waals surface area contributed by atoms with Gasteiger partial charge in [0.2, 0.25) is 0 Å². The monoisotopic (exact) mass is 269 g/mol. The van der Waals surface area contributed by atoms with Crippen molar-refractivity contribution in [2.45, 2.75) is 6.92 Å². The van der Waals surface area contributed by atoms with Crippen molar-refractivity contribution in [2.75, 3.05) is 36.8 Å². The van der Waals surface area contributed by atoms with E-state index >= 15 is 0 Å². The van der Waals surface area contributed by atoms with Crippen LogP contribution in [0.1, 0.15) is 5.56 Å². The van der Waals surface area contributed by atoms with Crippen molar-refractivity contribution in [3.05, 3.63) is 22.2 Å². The number of piperazine rings is 1. The van der Waals surface area contributed by atoms with Gasteiger partial charge in [-0.3, -0.25) is 0 Å². The zero-order valence-electron chi connectivity index (χ0n) is 8.89. The van der Waals surface area contributed by atoms with Crippen LogP contribution in [0.25, 0.3) is 0 Å². The molecule has 3 N–H and O–H groups in total. The standard InChI is InChI=1S/C11H16BrN3/c1-8-6-9(12)11(7-10(8)13)15-4-2-14-3-5-15/h6-7,14H,2-5,13H2,1H3. The molecule has 0 atom stereocenters. The molecule has 0 bridgehead atoms. The fourth-order valence-corrected chi connectivity index (χ4v) is 2.53. The van der Waals surface area contributed by atoms with Crippen LogP contribution in [0.2, 0.25) is 0 Å². The van der Waals surface area contributed by atoms with Crippen molar-refractivity contribution in [3.8, 4) is 0 Å². The van der Waals surface area contributed by atoms with Crippen LogP contribution in [0.5, 0.6) is 0 Å². The maximum absolute atomic E-state index is 5.93. The molecule has 15 heavy (non-hydrogen) atoms. The van der Waals surface area contributed by atoms with Gasteiger partial charge in [-0.05, 0) is 40.5 Å². The Balaban J connectivity index is 2.30. The molecule has 1 aromatic rings. The van der Waals surface area contributed by atoms with E-state index in [9.17, 15) is 0 Å². The van der Waals surface area contributed by atoms with Crippen LogP contribution in [-0.4, -0.2) is 26.2 Å². The molecule has 1 heterocycles. The first-order chi connectivity index (χ1) is 7.18. The normalized spacial score (nSPS) is 16.8. The second kappa shape index (κ2) is 4.41. The van der Waals surface area contributed by atoms with Crippen molar-refractivity contribution >= 4 is 27.3 Å². The Labute approximate surface area is 98.8 Å². The average Bonchev–Trinajstić information content (AvgIpc) is 2.25. The highest BCUT2D eigenvalue weighted by atomic mass is 79.9. The number of nitrogen functional groups attached to an aromatic ring is 1. The van der Waals surface area contributed by atoms with E-state index in [1.54, 1.807) is 0 Å². The first-order valence-corrected chi connectivity index (χ1v) is 5.99. The Morgan fingerprint density at radius 3 is 2.67 bits per heavy atom. The van der Waals surface area contributed by atoms with Crippen molar-refractivity contribution in [1.82, 2.24) is 5.32 Å². The minimum Gasteiger partial charge on any atom is -0.398 e. The van der Waals surface area contributed by atoms with Crippen LogP contribution in [0.4, 0.5) is 11.4 Å². The molecule has 0 spiro atoms. The lowest BCUT2D eigenvalue weighted by atomic mass is 10.1. The molecule has 0 aromatic heterocycles. The third-order valence-electron chi connectivity index (χ3n) is 2.79. The van der Waals surface area contributed by atoms with Gasteiger partial charge < -0.3 is 16.0 Å². The molecule has 1 aliphatic rings. The summed E-state index contributed by atoms with van der Waals surface area (Å²) in [6, 6.07) is 4.15. The van der Waals surface area contributed by atoms with E-state index in [0.29, 0.717) is 0 Å². The van der Waals surface area contributed by atoms with E-state index in [1.165, 1.54) is 5.69 Å². The lowest BCUT2D eigenvalue weighted by Gasteiger charge is -2.30. The minimum absolute atomic E-state index is 0.867. The fraction of sp³-hybridized carbons (Fsp3) is 0.455. The molecule has 2 rings (SSSR count). The van der Waals surface area contributed by atoms with E-state index in [4.69, 9.17) is 5.73 Å². The highest BCUT2D eigenvalue weighted by Gasteiger charge is 2.14. The molecule has 0 unspecified atom stereocenters. The molecule has 0 aliphatic carbocycles. The lowest BCUT2D eigenvalue weighted by molar-refractivity contribution is 0.588. The summed E-state index contributed by atoms with van der Waals surface area (Å²) in [5.41, 5.74) is 9.13. The molecule has 3 nitrogen and oxygen atoms in total. The molecule has 82 valence electrons. The number of hydrogen-bond donors (Lipinski definition) is 2. The molecule has 1 saturated heterocycles. The topological polar surface area (TPSA) is 41.3 Å². The first-order valence-electron chi connectivity index (χ1n) is 5.20. The summed E-state index contributed by atoms with van der Waals surface area (Å²) in [7, 11) is 0. The number of halogens is 1. The molecule has 1 aliphatic heterocycles. The zero-order chi connectivity index (χ0) is 10.8. The second-order valence-electron chi connectivity index (χ2n) is 3.90. The quantitative estimate of drug-likeness (QED) is 0.764. The van der Waals surface area contributed by atoms with E-state index in [2.05, 4.69) is 38.3 Å². The van der Waals surface area contributed by atoms with Gasteiger partial charge >= 0.3 is 0 Å². The summed E-state index contributed by atoms with van der Waals surface area (Å²) in [4.78, 5) is 2.36. The predicted molar refractivity (Wildman–Crippen MR) is 68.4 cm³/mol. The van der Waals surface area contributed by atoms with Crippen LogP contribution >= 0.6 is 15.9 Å². The van der Waals surface area contributed by atoms with Gasteiger partial charge in [0.25, 0.3) is 0 Å². The first kappa shape index (κ1) is 10.8. The van der Waals surface area contributed by atoms with E-state index < -0.39 is 0 Å². The number of nitrogens with two attached hydrogens (primary N) is 1. The Kier molecular flexibility index (Phi) is 3.17. The van der Waals surface area contributed by atoms with Gasteiger partial charge in [-0.2, -0.15) is 0 Å². The lowest BCUT2D eigenvalue weighted by Crippen LogP contribution is -2.43. The van der Waals surface area contributed by atoms with Crippen molar-refractivity contribution in [1.29, 1.82) is 0 Å². The zero-order valence-corrected chi connectivity index (χ0v) is 10.5. The average molecular weight is 270 g/mol. The molecule has 0 saturated carbocycles. The van der Waals surface area contributed by atoms with Crippen molar-refractivity contribution < 1.29 is 0 Å². The molecule has 1 fully saturated rings. The largest absolute Gasteiger partial charge is 0.398 e. The highest BCUT2D eigenvalue weighted by molar-refractivity contribution is 9.10. The summed E-state index contributed by atoms with van der Waals surface area (Å²) in [5.74, 6) is 0. The smallest absolute Gasteiger partial charge is 0.0532 e. The molecular formula is C11H16BrN3. The Bertz CT molecular complexity index is 359. The number of anilines is 2. The SMILES string of the molecule is Cc1cc(Br)c(N2CCNCC2)cc1N. The second-order valence-corrected chi connectivity index (χ2v) is 4.75. The van der Waals surface area contributed by atoms with Gasteiger partial charge in [-0.25, -0.2) is 0 Å². The van der Waals surface area contributed by atoms with Crippen LogP contribution in [0, 0.1) is 6.92 Å². The van der Waals surface area contributed by atoms with Crippen molar-refractivity contribution in [3.63, 3.8) is 0 Å². The van der Waals surface area contributed by atoms with E-state index in [0.717, 1.165) is 41.9 Å². The predicted octanol–water partition coefficient (Wildman–Crippen LogP) is 1.75. The number of benzene rings is 1. The van der Waals surface area contributed by atoms with Gasteiger partial charge in [0.05, 0.1) is 5.69 Å². The summed E-state index contributed by atoms with van der Waals surface area (Å²) in [5, 5.41) is 3.34. The number of hydrogen-bond acceptors (Lipinski definition) is 3. The third-order valence-corrected chi connectivity index (χ3v) is 3.43. The maximum atomic E-state index is 5.93. The van der Waals surface area contributed by atoms with Crippen LogP contribution in [-0.2, 0) is 0 Å². The van der Waals surface area contributed by atoms with Gasteiger partial charge in [-0.15, -0.1) is 0 Å². The molecule has 4 heteroatoms. The van der Waals surface area contributed by atoms with Crippen LogP contribution in [0.3, 0.4) is 0 Å². The summed E-state index contributed by atoms with van der Waals surface area (Å²) >= 11 is 3.60. The van der Waals surface area contributed by atoms with Gasteiger partial charge in [0.15, 0.2) is 0 Å².